The zero-order chi connectivity index (χ0) is 11.3. The number of hydrogen-bond acceptors (Lipinski definition) is 4. The van der Waals surface area contributed by atoms with Crippen molar-refractivity contribution < 1.29 is 23.1 Å². The molecule has 1 saturated heterocycles. The zero-order valence-electron chi connectivity index (χ0n) is 8.13. The predicted molar refractivity (Wildman–Crippen MR) is 46.9 cm³/mol. The molecule has 0 aromatic rings. The number of nitrogens with zero attached hydrogens (tertiary/aromatic N) is 2. The van der Waals surface area contributed by atoms with Crippen LogP contribution in [0.4, 0.5) is 13.2 Å². The van der Waals surface area contributed by atoms with E-state index in [1.54, 1.807) is 0 Å². The summed E-state index contributed by atoms with van der Waals surface area (Å²) in [4.78, 5) is 1.85. The Labute approximate surface area is 85.3 Å². The van der Waals surface area contributed by atoms with Gasteiger partial charge in [-0.1, -0.05) is 5.16 Å². The molecule has 0 spiro atoms. The molecule has 1 fully saturated rings. The van der Waals surface area contributed by atoms with Crippen LogP contribution in [0.5, 0.6) is 0 Å². The molecule has 0 aromatic carbocycles. The van der Waals surface area contributed by atoms with Crippen LogP contribution < -0.4 is 0 Å². The van der Waals surface area contributed by atoms with Crippen LogP contribution in [0.3, 0.4) is 0 Å². The van der Waals surface area contributed by atoms with Gasteiger partial charge in [0.15, 0.2) is 0 Å². The Hall–Kier alpha value is -0.820. The molecule has 0 saturated carbocycles. The highest BCUT2D eigenvalue weighted by atomic mass is 19.4. The molecule has 1 heterocycles. The first-order chi connectivity index (χ1) is 7.01. The van der Waals surface area contributed by atoms with E-state index in [0.717, 1.165) is 0 Å². The van der Waals surface area contributed by atoms with Crippen molar-refractivity contribution in [1.29, 1.82) is 0 Å². The second-order valence-electron chi connectivity index (χ2n) is 3.30. The molecule has 1 rings (SSSR count). The van der Waals surface area contributed by atoms with Gasteiger partial charge in [0.2, 0.25) is 0 Å². The Bertz CT molecular complexity index is 220. The minimum absolute atomic E-state index is 0.248. The van der Waals surface area contributed by atoms with Gasteiger partial charge in [-0.15, -0.1) is 13.2 Å². The van der Waals surface area contributed by atoms with Gasteiger partial charge in [0.25, 0.3) is 0 Å². The minimum atomic E-state index is -4.55. The normalized spacial score (nSPS) is 19.3. The van der Waals surface area contributed by atoms with Crippen molar-refractivity contribution in [3.05, 3.63) is 0 Å². The summed E-state index contributed by atoms with van der Waals surface area (Å²) in [6, 6.07) is 0. The first-order valence-corrected chi connectivity index (χ1v) is 4.64. The highest BCUT2D eigenvalue weighted by molar-refractivity contribution is 5.84. The Morgan fingerprint density at radius 1 is 1.33 bits per heavy atom. The number of rotatable bonds is 3. The summed E-state index contributed by atoms with van der Waals surface area (Å²) in [6.45, 7) is 1.12. The van der Waals surface area contributed by atoms with E-state index in [-0.39, 0.29) is 13.2 Å². The Kier molecular flexibility index (Phi) is 4.34. The molecular weight excluding hydrogens is 213 g/mol. The van der Waals surface area contributed by atoms with E-state index < -0.39 is 6.36 Å². The summed E-state index contributed by atoms with van der Waals surface area (Å²) in [6.07, 6.45) is -3.35. The Morgan fingerprint density at radius 2 is 1.93 bits per heavy atom. The Balaban J connectivity index is 2.14. The summed E-state index contributed by atoms with van der Waals surface area (Å²) >= 11 is 0. The van der Waals surface area contributed by atoms with E-state index in [2.05, 4.69) is 9.89 Å². The molecule has 0 amide bonds. The average molecular weight is 226 g/mol. The number of ether oxygens (including phenoxy) is 1. The monoisotopic (exact) mass is 226 g/mol. The van der Waals surface area contributed by atoms with Gasteiger partial charge < -0.3 is 10.1 Å². The van der Waals surface area contributed by atoms with Gasteiger partial charge >= 0.3 is 6.36 Å². The van der Waals surface area contributed by atoms with E-state index >= 15 is 0 Å². The number of likely N-dealkylation sites (tertiary alicyclic amines) is 1. The van der Waals surface area contributed by atoms with Gasteiger partial charge in [0.05, 0.1) is 12.3 Å². The van der Waals surface area contributed by atoms with E-state index in [1.165, 1.54) is 0 Å². The maximum atomic E-state index is 11.6. The molecule has 0 radical (unpaired) electrons. The maximum absolute atomic E-state index is 11.6. The summed E-state index contributed by atoms with van der Waals surface area (Å²) in [5.74, 6) is 0. The fourth-order valence-corrected chi connectivity index (χ4v) is 1.43. The maximum Gasteiger partial charge on any atom is 0.522 e. The van der Waals surface area contributed by atoms with Crippen LogP contribution in [0.1, 0.15) is 12.8 Å². The van der Waals surface area contributed by atoms with Crippen LogP contribution in [0.15, 0.2) is 5.16 Å². The third-order valence-electron chi connectivity index (χ3n) is 2.25. The fraction of sp³-hybridized carbons (Fsp3) is 0.875. The number of halogens is 3. The molecule has 0 aromatic heterocycles. The molecule has 7 heteroatoms. The predicted octanol–water partition coefficient (Wildman–Crippen LogP) is 1.45. The standard InChI is InChI=1S/C8H13F3N2O2/c9-8(10,11)15-6-5-13-3-1-7(12-14)2-4-13/h14H,1-6H2. The lowest BCUT2D eigenvalue weighted by atomic mass is 10.1. The molecule has 4 nitrogen and oxygen atoms in total. The minimum Gasteiger partial charge on any atom is -0.411 e. The lowest BCUT2D eigenvalue weighted by molar-refractivity contribution is -0.325. The molecule has 1 aliphatic heterocycles. The van der Waals surface area contributed by atoms with Crippen LogP contribution in [0.2, 0.25) is 0 Å². The van der Waals surface area contributed by atoms with Crippen LogP contribution in [-0.4, -0.2) is 48.4 Å². The van der Waals surface area contributed by atoms with Crippen LogP contribution in [0.25, 0.3) is 0 Å². The first kappa shape index (κ1) is 12.3. The van der Waals surface area contributed by atoms with Crippen molar-refractivity contribution in [3.8, 4) is 0 Å². The summed E-state index contributed by atoms with van der Waals surface area (Å²) in [5, 5.41) is 11.5. The second-order valence-corrected chi connectivity index (χ2v) is 3.30. The highest BCUT2D eigenvalue weighted by Gasteiger charge is 2.29. The van der Waals surface area contributed by atoms with Gasteiger partial charge in [0, 0.05) is 32.5 Å². The molecule has 0 aliphatic carbocycles. The molecule has 0 unspecified atom stereocenters. The smallest absolute Gasteiger partial charge is 0.411 e. The summed E-state index contributed by atoms with van der Waals surface area (Å²) < 4.78 is 38.6. The Morgan fingerprint density at radius 3 is 2.40 bits per heavy atom. The molecule has 0 bridgehead atoms. The second kappa shape index (κ2) is 5.32. The summed E-state index contributed by atoms with van der Waals surface area (Å²) in [5.41, 5.74) is 0.697. The van der Waals surface area contributed by atoms with Gasteiger partial charge in [-0.2, -0.15) is 0 Å². The van der Waals surface area contributed by atoms with Crippen molar-refractivity contribution in [2.24, 2.45) is 5.16 Å². The fourth-order valence-electron chi connectivity index (χ4n) is 1.43. The van der Waals surface area contributed by atoms with E-state index in [0.29, 0.717) is 31.6 Å². The van der Waals surface area contributed by atoms with Gasteiger partial charge in [-0.05, 0) is 0 Å². The van der Waals surface area contributed by atoms with Gasteiger partial charge in [0.1, 0.15) is 0 Å². The van der Waals surface area contributed by atoms with Crippen LogP contribution in [0, 0.1) is 0 Å². The third kappa shape index (κ3) is 4.98. The van der Waals surface area contributed by atoms with Crippen molar-refractivity contribution in [1.82, 2.24) is 4.90 Å². The topological polar surface area (TPSA) is 45.1 Å². The molecule has 0 atom stereocenters. The third-order valence-corrected chi connectivity index (χ3v) is 2.25. The quantitative estimate of drug-likeness (QED) is 0.585. The molecule has 15 heavy (non-hydrogen) atoms. The molecular formula is C8H13F3N2O2. The van der Waals surface area contributed by atoms with Crippen molar-refractivity contribution in [3.63, 3.8) is 0 Å². The zero-order valence-corrected chi connectivity index (χ0v) is 8.13. The lowest BCUT2D eigenvalue weighted by Crippen LogP contribution is -2.37. The summed E-state index contributed by atoms with van der Waals surface area (Å²) in [7, 11) is 0. The highest BCUT2D eigenvalue weighted by Crippen LogP contribution is 2.16. The van der Waals surface area contributed by atoms with E-state index in [9.17, 15) is 13.2 Å². The number of hydrogen-bond donors (Lipinski definition) is 1. The van der Waals surface area contributed by atoms with Gasteiger partial charge in [-0.3, -0.25) is 4.74 Å². The molecule has 88 valence electrons. The van der Waals surface area contributed by atoms with Crippen LogP contribution >= 0.6 is 0 Å². The number of piperidine rings is 1. The SMILES string of the molecule is ON=C1CCN(CCOC(F)(F)F)CC1. The number of oxime groups is 1. The molecule has 1 aliphatic rings. The van der Waals surface area contributed by atoms with Crippen LogP contribution in [-0.2, 0) is 4.74 Å². The number of alkyl halides is 3. The average Bonchev–Trinajstić information content (AvgIpc) is 2.17. The van der Waals surface area contributed by atoms with E-state index in [1.807, 2.05) is 4.90 Å². The lowest BCUT2D eigenvalue weighted by Gasteiger charge is -2.26. The molecule has 1 N–H and O–H groups in total. The van der Waals surface area contributed by atoms with Crippen molar-refractivity contribution in [2.75, 3.05) is 26.2 Å². The largest absolute Gasteiger partial charge is 0.522 e. The van der Waals surface area contributed by atoms with Crippen molar-refractivity contribution >= 4 is 5.71 Å². The van der Waals surface area contributed by atoms with Crippen molar-refractivity contribution in [2.45, 2.75) is 19.2 Å². The first-order valence-electron chi connectivity index (χ1n) is 4.64. The van der Waals surface area contributed by atoms with Gasteiger partial charge in [-0.25, -0.2) is 0 Å². The van der Waals surface area contributed by atoms with E-state index in [4.69, 9.17) is 5.21 Å².